The maximum absolute atomic E-state index is 12.9. The summed E-state index contributed by atoms with van der Waals surface area (Å²) >= 11 is 5.89. The second-order valence-electron chi connectivity index (χ2n) is 6.69. The second-order valence-corrected chi connectivity index (χ2v) is 9.01. The third-order valence-electron chi connectivity index (χ3n) is 4.76. The van der Waals surface area contributed by atoms with Gasteiger partial charge in [-0.3, -0.25) is 5.10 Å². The zero-order chi connectivity index (χ0) is 18.2. The number of nitrogens with one attached hydrogen (secondary N) is 1. The van der Waals surface area contributed by atoms with E-state index in [1.807, 2.05) is 12.1 Å². The van der Waals surface area contributed by atoms with Crippen LogP contribution in [0.3, 0.4) is 0 Å². The highest BCUT2D eigenvalue weighted by Gasteiger charge is 2.38. The van der Waals surface area contributed by atoms with Gasteiger partial charge < -0.3 is 5.11 Å². The number of benzene rings is 1. The number of hydrogen-bond acceptors (Lipinski definition) is 4. The second kappa shape index (κ2) is 6.72. The van der Waals surface area contributed by atoms with Crippen molar-refractivity contribution in [2.75, 3.05) is 13.1 Å². The fourth-order valence-electron chi connectivity index (χ4n) is 3.35. The lowest BCUT2D eigenvalue weighted by Gasteiger charge is -2.37. The van der Waals surface area contributed by atoms with Gasteiger partial charge >= 0.3 is 0 Å². The zero-order valence-corrected chi connectivity index (χ0v) is 15.9. The van der Waals surface area contributed by atoms with Crippen LogP contribution in [-0.4, -0.2) is 46.7 Å². The Kier molecular flexibility index (Phi) is 4.94. The van der Waals surface area contributed by atoms with Crippen molar-refractivity contribution in [2.24, 2.45) is 0 Å². The van der Waals surface area contributed by atoms with Gasteiger partial charge in [0.25, 0.3) is 0 Å². The van der Waals surface area contributed by atoms with Crippen LogP contribution in [0.25, 0.3) is 0 Å². The van der Waals surface area contributed by atoms with E-state index in [9.17, 15) is 13.5 Å². The topological polar surface area (TPSA) is 86.3 Å². The summed E-state index contributed by atoms with van der Waals surface area (Å²) < 4.78 is 27.2. The molecule has 0 radical (unpaired) electrons. The Bertz CT molecular complexity index is 834. The summed E-state index contributed by atoms with van der Waals surface area (Å²) in [4.78, 5) is 0.246. The SMILES string of the molecule is Cc1n[nH]c(C)c1S(=O)(=O)N1CCC(O)(Cc2ccc(Cl)cc2)CC1. The summed E-state index contributed by atoms with van der Waals surface area (Å²) in [7, 11) is -3.60. The predicted octanol–water partition coefficient (Wildman–Crippen LogP) is 2.44. The van der Waals surface area contributed by atoms with Crippen molar-refractivity contribution in [3.63, 3.8) is 0 Å². The molecule has 6 nitrogen and oxygen atoms in total. The molecule has 8 heteroatoms. The molecule has 0 spiro atoms. The van der Waals surface area contributed by atoms with Gasteiger partial charge in [0, 0.05) is 24.5 Å². The molecule has 3 rings (SSSR count). The first-order chi connectivity index (χ1) is 11.7. The summed E-state index contributed by atoms with van der Waals surface area (Å²) in [5.74, 6) is 0. The average molecular weight is 384 g/mol. The minimum absolute atomic E-state index is 0.246. The molecule has 0 bridgehead atoms. The van der Waals surface area contributed by atoms with Gasteiger partial charge in [0.05, 0.1) is 17.0 Å². The first-order valence-corrected chi connectivity index (χ1v) is 10.0. The number of piperidine rings is 1. The van der Waals surface area contributed by atoms with Crippen LogP contribution in [0, 0.1) is 13.8 Å². The van der Waals surface area contributed by atoms with Gasteiger partial charge in [-0.25, -0.2) is 8.42 Å². The van der Waals surface area contributed by atoms with Gasteiger partial charge in [-0.15, -0.1) is 0 Å². The standard InChI is InChI=1S/C17H22ClN3O3S/c1-12-16(13(2)20-19-12)25(23,24)21-9-7-17(22,8-10-21)11-14-3-5-15(18)6-4-14/h3-6,22H,7-11H2,1-2H3,(H,19,20). The van der Waals surface area contributed by atoms with Crippen LogP contribution in [0.15, 0.2) is 29.2 Å². The van der Waals surface area contributed by atoms with E-state index < -0.39 is 15.6 Å². The molecule has 1 aliphatic heterocycles. The van der Waals surface area contributed by atoms with Gasteiger partial charge in [-0.05, 0) is 44.4 Å². The summed E-state index contributed by atoms with van der Waals surface area (Å²) in [6.45, 7) is 3.96. The van der Waals surface area contributed by atoms with Crippen LogP contribution < -0.4 is 0 Å². The van der Waals surface area contributed by atoms with E-state index in [0.29, 0.717) is 35.7 Å². The number of hydrogen-bond donors (Lipinski definition) is 2. The molecule has 2 aromatic rings. The Balaban J connectivity index is 1.71. The Morgan fingerprint density at radius 1 is 1.24 bits per heavy atom. The Morgan fingerprint density at radius 2 is 1.84 bits per heavy atom. The Hall–Kier alpha value is -1.41. The number of aryl methyl sites for hydroxylation is 2. The first kappa shape index (κ1) is 18.4. The van der Waals surface area contributed by atoms with E-state index in [4.69, 9.17) is 11.6 Å². The van der Waals surface area contributed by atoms with Crippen LogP contribution in [0.4, 0.5) is 0 Å². The molecule has 2 heterocycles. The van der Waals surface area contributed by atoms with E-state index in [1.165, 1.54) is 4.31 Å². The lowest BCUT2D eigenvalue weighted by atomic mass is 9.86. The third-order valence-corrected chi connectivity index (χ3v) is 7.17. The van der Waals surface area contributed by atoms with Crippen molar-refractivity contribution in [3.05, 3.63) is 46.2 Å². The van der Waals surface area contributed by atoms with Crippen LogP contribution in [-0.2, 0) is 16.4 Å². The molecule has 1 aromatic heterocycles. The number of halogens is 1. The summed E-state index contributed by atoms with van der Waals surface area (Å²) in [5.41, 5.74) is 1.10. The third kappa shape index (κ3) is 3.74. The van der Waals surface area contributed by atoms with E-state index in [1.54, 1.807) is 26.0 Å². The van der Waals surface area contributed by atoms with Crippen molar-refractivity contribution in [1.82, 2.24) is 14.5 Å². The minimum atomic E-state index is -3.60. The number of H-pyrrole nitrogens is 1. The summed E-state index contributed by atoms with van der Waals surface area (Å²) in [5, 5.41) is 18.2. The van der Waals surface area contributed by atoms with Crippen molar-refractivity contribution < 1.29 is 13.5 Å². The first-order valence-electron chi connectivity index (χ1n) is 8.20. The molecule has 2 N–H and O–H groups in total. The predicted molar refractivity (Wildman–Crippen MR) is 96.2 cm³/mol. The minimum Gasteiger partial charge on any atom is -0.389 e. The highest BCUT2D eigenvalue weighted by atomic mass is 35.5. The number of rotatable bonds is 4. The fraction of sp³-hybridized carbons (Fsp3) is 0.471. The van der Waals surface area contributed by atoms with Crippen molar-refractivity contribution in [3.8, 4) is 0 Å². The molecule has 0 saturated carbocycles. The molecule has 136 valence electrons. The molecule has 1 aliphatic rings. The van der Waals surface area contributed by atoms with Gasteiger partial charge in [-0.1, -0.05) is 23.7 Å². The van der Waals surface area contributed by atoms with Crippen molar-refractivity contribution in [1.29, 1.82) is 0 Å². The summed E-state index contributed by atoms with van der Waals surface area (Å²) in [6, 6.07) is 7.37. The van der Waals surface area contributed by atoms with Crippen molar-refractivity contribution >= 4 is 21.6 Å². The van der Waals surface area contributed by atoms with E-state index in [-0.39, 0.29) is 18.0 Å². The van der Waals surface area contributed by atoms with E-state index >= 15 is 0 Å². The van der Waals surface area contributed by atoms with Crippen molar-refractivity contribution in [2.45, 2.75) is 43.6 Å². The van der Waals surface area contributed by atoms with Crippen LogP contribution in [0.5, 0.6) is 0 Å². The van der Waals surface area contributed by atoms with E-state index in [2.05, 4.69) is 10.2 Å². The molecule has 0 aliphatic carbocycles. The Morgan fingerprint density at radius 3 is 2.36 bits per heavy atom. The normalized spacial score (nSPS) is 18.4. The molecule has 1 saturated heterocycles. The van der Waals surface area contributed by atoms with Gasteiger partial charge in [0.15, 0.2) is 0 Å². The molecular weight excluding hydrogens is 362 g/mol. The summed E-state index contributed by atoms with van der Waals surface area (Å²) in [6.07, 6.45) is 1.28. The van der Waals surface area contributed by atoms with Gasteiger partial charge in [0.1, 0.15) is 4.90 Å². The molecule has 25 heavy (non-hydrogen) atoms. The molecule has 1 fully saturated rings. The Labute approximate surface area is 152 Å². The zero-order valence-electron chi connectivity index (χ0n) is 14.3. The van der Waals surface area contributed by atoms with Crippen LogP contribution in [0.2, 0.25) is 5.02 Å². The van der Waals surface area contributed by atoms with Gasteiger partial charge in [-0.2, -0.15) is 9.40 Å². The quantitative estimate of drug-likeness (QED) is 0.849. The molecule has 1 aromatic carbocycles. The van der Waals surface area contributed by atoms with Crippen LogP contribution in [0.1, 0.15) is 29.8 Å². The lowest BCUT2D eigenvalue weighted by Crippen LogP contribution is -2.47. The average Bonchev–Trinajstić information content (AvgIpc) is 2.89. The number of aromatic nitrogens is 2. The fourth-order valence-corrected chi connectivity index (χ4v) is 5.25. The largest absolute Gasteiger partial charge is 0.389 e. The number of sulfonamides is 1. The molecule has 0 amide bonds. The number of nitrogens with zero attached hydrogens (tertiary/aromatic N) is 2. The monoisotopic (exact) mass is 383 g/mol. The highest BCUT2D eigenvalue weighted by Crippen LogP contribution is 2.31. The highest BCUT2D eigenvalue weighted by molar-refractivity contribution is 7.89. The molecule has 0 unspecified atom stereocenters. The van der Waals surface area contributed by atoms with Crippen LogP contribution >= 0.6 is 11.6 Å². The number of aromatic amines is 1. The maximum atomic E-state index is 12.9. The molecule has 0 atom stereocenters. The smallest absolute Gasteiger partial charge is 0.246 e. The number of aliphatic hydroxyl groups is 1. The molecular formula is C17H22ClN3O3S. The lowest BCUT2D eigenvalue weighted by molar-refractivity contribution is -0.00441. The maximum Gasteiger partial charge on any atom is 0.246 e. The van der Waals surface area contributed by atoms with E-state index in [0.717, 1.165) is 5.56 Å². The van der Waals surface area contributed by atoms with Gasteiger partial charge in [0.2, 0.25) is 10.0 Å².